The van der Waals surface area contributed by atoms with Crippen LogP contribution in [-0.4, -0.2) is 37.2 Å². The maximum absolute atomic E-state index is 13.1. The Bertz CT molecular complexity index is 1390. The van der Waals surface area contributed by atoms with Crippen molar-refractivity contribution in [3.63, 3.8) is 0 Å². The smallest absolute Gasteiger partial charge is 0.255 e. The van der Waals surface area contributed by atoms with Gasteiger partial charge in [-0.05, 0) is 77.5 Å². The Kier molecular flexibility index (Phi) is 5.67. The Balaban J connectivity index is 1.40. The minimum Gasteiger partial charge on any atom is -0.378 e. The highest BCUT2D eigenvalue weighted by molar-refractivity contribution is 6.05. The number of hydrogen-bond donors (Lipinski definition) is 2. The first-order chi connectivity index (χ1) is 16.1. The van der Waals surface area contributed by atoms with Crippen molar-refractivity contribution in [2.24, 2.45) is 0 Å². The molecule has 0 aliphatic carbocycles. The van der Waals surface area contributed by atoms with Crippen molar-refractivity contribution in [2.45, 2.75) is 6.92 Å². The molecule has 3 aromatic carbocycles. The zero-order chi connectivity index (χ0) is 22.8. The number of carbonyl (C=O) groups is 1. The minimum atomic E-state index is -0.152. The summed E-state index contributed by atoms with van der Waals surface area (Å²) in [7, 11) is 0. The number of H-pyrrole nitrogens is 1. The summed E-state index contributed by atoms with van der Waals surface area (Å²) in [6, 6.07) is 22.9. The lowest BCUT2D eigenvalue weighted by atomic mass is 9.96. The molecule has 0 atom stereocenters. The number of anilines is 2. The van der Waals surface area contributed by atoms with Crippen LogP contribution in [0.15, 0.2) is 77.6 Å². The number of hydrogen-bond acceptors (Lipinski definition) is 4. The molecule has 0 unspecified atom stereocenters. The number of amides is 1. The van der Waals surface area contributed by atoms with Gasteiger partial charge in [-0.3, -0.25) is 9.59 Å². The van der Waals surface area contributed by atoms with Gasteiger partial charge in [0, 0.05) is 41.6 Å². The van der Waals surface area contributed by atoms with Gasteiger partial charge in [-0.15, -0.1) is 0 Å². The van der Waals surface area contributed by atoms with Crippen LogP contribution in [0, 0.1) is 6.92 Å². The van der Waals surface area contributed by atoms with Crippen LogP contribution in [0.5, 0.6) is 0 Å². The summed E-state index contributed by atoms with van der Waals surface area (Å²) in [5, 5.41) is 3.98. The predicted octanol–water partition coefficient (Wildman–Crippen LogP) is 4.59. The zero-order valence-electron chi connectivity index (χ0n) is 18.4. The van der Waals surface area contributed by atoms with Crippen LogP contribution in [0.25, 0.3) is 22.0 Å². The van der Waals surface area contributed by atoms with Gasteiger partial charge >= 0.3 is 0 Å². The monoisotopic (exact) mass is 439 g/mol. The van der Waals surface area contributed by atoms with Crippen molar-refractivity contribution in [3.8, 4) is 11.1 Å². The largest absolute Gasteiger partial charge is 0.378 e. The second-order valence-corrected chi connectivity index (χ2v) is 8.26. The van der Waals surface area contributed by atoms with Crippen LogP contribution in [0.1, 0.15) is 15.9 Å². The number of nitrogens with zero attached hydrogens (tertiary/aromatic N) is 1. The fourth-order valence-corrected chi connectivity index (χ4v) is 4.20. The summed E-state index contributed by atoms with van der Waals surface area (Å²) in [4.78, 5) is 29.7. The van der Waals surface area contributed by atoms with Crippen molar-refractivity contribution < 1.29 is 9.53 Å². The first-order valence-corrected chi connectivity index (χ1v) is 11.0. The number of morpholine rings is 1. The Morgan fingerprint density at radius 2 is 1.82 bits per heavy atom. The molecule has 1 fully saturated rings. The first kappa shape index (κ1) is 21.0. The normalized spacial score (nSPS) is 13.8. The van der Waals surface area contributed by atoms with Gasteiger partial charge in [0.2, 0.25) is 5.56 Å². The van der Waals surface area contributed by atoms with Gasteiger partial charge in [-0.2, -0.15) is 0 Å². The fraction of sp³-hybridized carbons (Fsp3) is 0.185. The Morgan fingerprint density at radius 1 is 0.970 bits per heavy atom. The predicted molar refractivity (Wildman–Crippen MR) is 132 cm³/mol. The standard InChI is InChI=1S/C27H25N3O3/c1-18-5-6-21(16-24(18)19-7-9-25-20(15-19)8-10-26(31)29-25)27(32)28-22-3-2-4-23(17-22)30-11-13-33-14-12-30/h2-10,15-17H,11-14H2,1H3,(H,28,32)(H,29,31). The van der Waals surface area contributed by atoms with Crippen LogP contribution in [0.3, 0.4) is 0 Å². The van der Waals surface area contributed by atoms with E-state index < -0.39 is 0 Å². The topological polar surface area (TPSA) is 74.4 Å². The molecule has 0 bridgehead atoms. The molecule has 1 saturated heterocycles. The molecule has 6 nitrogen and oxygen atoms in total. The van der Waals surface area contributed by atoms with Crippen LogP contribution in [0.4, 0.5) is 11.4 Å². The molecular formula is C27H25N3O3. The quantitative estimate of drug-likeness (QED) is 0.488. The third-order valence-corrected chi connectivity index (χ3v) is 6.01. The van der Waals surface area contributed by atoms with E-state index in [1.165, 1.54) is 6.07 Å². The number of rotatable bonds is 4. The second-order valence-electron chi connectivity index (χ2n) is 8.26. The van der Waals surface area contributed by atoms with Crippen LogP contribution >= 0.6 is 0 Å². The molecule has 166 valence electrons. The van der Waals surface area contributed by atoms with Gasteiger partial charge in [-0.25, -0.2) is 0 Å². The van der Waals surface area contributed by atoms with E-state index in [9.17, 15) is 9.59 Å². The average molecular weight is 440 g/mol. The Morgan fingerprint density at radius 3 is 2.67 bits per heavy atom. The van der Waals surface area contributed by atoms with Crippen LogP contribution in [-0.2, 0) is 4.74 Å². The van der Waals surface area contributed by atoms with E-state index in [1.54, 1.807) is 0 Å². The number of aromatic nitrogens is 1. The number of nitrogens with one attached hydrogen (secondary N) is 2. The van der Waals surface area contributed by atoms with E-state index in [1.807, 2.05) is 67.6 Å². The van der Waals surface area contributed by atoms with E-state index in [0.29, 0.717) is 18.8 Å². The number of aromatic amines is 1. The maximum atomic E-state index is 13.1. The van der Waals surface area contributed by atoms with E-state index in [4.69, 9.17) is 4.74 Å². The molecule has 33 heavy (non-hydrogen) atoms. The lowest BCUT2D eigenvalue weighted by Gasteiger charge is -2.29. The molecule has 0 spiro atoms. The highest BCUT2D eigenvalue weighted by Crippen LogP contribution is 2.28. The second kappa shape index (κ2) is 8.92. The van der Waals surface area contributed by atoms with Gasteiger partial charge in [0.1, 0.15) is 0 Å². The third kappa shape index (κ3) is 4.52. The van der Waals surface area contributed by atoms with Crippen LogP contribution in [0.2, 0.25) is 0 Å². The molecule has 0 saturated carbocycles. The molecule has 1 aliphatic heterocycles. The Labute approximate surface area is 191 Å². The molecule has 6 heteroatoms. The van der Waals surface area contributed by atoms with Crippen molar-refractivity contribution in [3.05, 3.63) is 94.3 Å². The lowest BCUT2D eigenvalue weighted by Crippen LogP contribution is -2.36. The summed E-state index contributed by atoms with van der Waals surface area (Å²) in [5.74, 6) is -0.152. The summed E-state index contributed by atoms with van der Waals surface area (Å²) >= 11 is 0. The molecule has 1 aromatic heterocycles. The Hall–Kier alpha value is -3.90. The maximum Gasteiger partial charge on any atom is 0.255 e. The molecule has 2 N–H and O–H groups in total. The molecule has 0 radical (unpaired) electrons. The van der Waals surface area contributed by atoms with Gasteiger partial charge in [0.25, 0.3) is 5.91 Å². The lowest BCUT2D eigenvalue weighted by molar-refractivity contribution is 0.102. The number of carbonyl (C=O) groups excluding carboxylic acids is 1. The van der Waals surface area contributed by atoms with Crippen molar-refractivity contribution >= 4 is 28.2 Å². The first-order valence-electron chi connectivity index (χ1n) is 11.0. The molecular weight excluding hydrogens is 414 g/mol. The SMILES string of the molecule is Cc1ccc(C(=O)Nc2cccc(N3CCOCC3)c2)cc1-c1ccc2[nH]c(=O)ccc2c1. The molecule has 1 amide bonds. The van der Waals surface area contributed by atoms with Crippen molar-refractivity contribution in [1.82, 2.24) is 4.98 Å². The molecule has 1 aliphatic rings. The molecule has 2 heterocycles. The van der Waals surface area contributed by atoms with Gasteiger partial charge < -0.3 is 19.9 Å². The summed E-state index contributed by atoms with van der Waals surface area (Å²) < 4.78 is 5.43. The van der Waals surface area contributed by atoms with Crippen molar-refractivity contribution in [2.75, 3.05) is 36.5 Å². The van der Waals surface area contributed by atoms with E-state index in [0.717, 1.165) is 52.1 Å². The number of pyridine rings is 1. The van der Waals surface area contributed by atoms with E-state index in [2.05, 4.69) is 21.3 Å². The highest BCUT2D eigenvalue weighted by Gasteiger charge is 2.14. The van der Waals surface area contributed by atoms with E-state index in [-0.39, 0.29) is 11.5 Å². The summed E-state index contributed by atoms with van der Waals surface area (Å²) in [6.07, 6.45) is 0. The van der Waals surface area contributed by atoms with Gasteiger partial charge in [-0.1, -0.05) is 18.2 Å². The number of benzene rings is 3. The van der Waals surface area contributed by atoms with Gasteiger partial charge in [0.15, 0.2) is 0 Å². The number of ether oxygens (including phenoxy) is 1. The summed E-state index contributed by atoms with van der Waals surface area (Å²) in [5.41, 5.74) is 6.16. The molecule has 4 aromatic rings. The number of aryl methyl sites for hydroxylation is 1. The van der Waals surface area contributed by atoms with Gasteiger partial charge in [0.05, 0.1) is 13.2 Å². The van der Waals surface area contributed by atoms with E-state index >= 15 is 0 Å². The average Bonchev–Trinajstić information content (AvgIpc) is 2.85. The highest BCUT2D eigenvalue weighted by atomic mass is 16.5. The summed E-state index contributed by atoms with van der Waals surface area (Å²) in [6.45, 7) is 5.15. The van der Waals surface area contributed by atoms with Crippen molar-refractivity contribution in [1.29, 1.82) is 0 Å². The fourth-order valence-electron chi connectivity index (χ4n) is 4.20. The minimum absolute atomic E-state index is 0.122. The van der Waals surface area contributed by atoms with Crippen LogP contribution < -0.4 is 15.8 Å². The molecule has 5 rings (SSSR count). The number of fused-ring (bicyclic) bond motifs is 1. The third-order valence-electron chi connectivity index (χ3n) is 6.01. The zero-order valence-corrected chi connectivity index (χ0v) is 18.4.